The van der Waals surface area contributed by atoms with Crippen molar-refractivity contribution >= 4 is 0 Å². The number of aryl methyl sites for hydroxylation is 1. The molecular formula is C23H34. The molecule has 0 amide bonds. The van der Waals surface area contributed by atoms with E-state index in [9.17, 15) is 0 Å². The molecule has 0 bridgehead atoms. The van der Waals surface area contributed by atoms with Gasteiger partial charge in [0.2, 0.25) is 0 Å². The molecule has 1 aromatic rings. The Morgan fingerprint density at radius 3 is 2.52 bits per heavy atom. The lowest BCUT2D eigenvalue weighted by Gasteiger charge is -2.22. The van der Waals surface area contributed by atoms with Crippen LogP contribution in [0.15, 0.2) is 35.9 Å². The number of allylic oxidation sites excluding steroid dienone is 4. The quantitative estimate of drug-likeness (QED) is 0.532. The summed E-state index contributed by atoms with van der Waals surface area (Å²) in [6, 6.07) is 4.79. The molecule has 0 fully saturated rings. The summed E-state index contributed by atoms with van der Waals surface area (Å²) in [7, 11) is 0. The van der Waals surface area contributed by atoms with Gasteiger partial charge in [-0.25, -0.2) is 0 Å². The van der Waals surface area contributed by atoms with Crippen LogP contribution in [0, 0.1) is 18.8 Å². The summed E-state index contributed by atoms with van der Waals surface area (Å²) in [6.45, 7) is 11.7. The van der Waals surface area contributed by atoms with Gasteiger partial charge in [-0.05, 0) is 73.1 Å². The summed E-state index contributed by atoms with van der Waals surface area (Å²) in [5.74, 6) is 1.44. The molecule has 23 heavy (non-hydrogen) atoms. The molecule has 0 radical (unpaired) electrons. The molecule has 0 heterocycles. The Balaban J connectivity index is 2.10. The zero-order valence-electron chi connectivity index (χ0n) is 15.8. The van der Waals surface area contributed by atoms with Crippen molar-refractivity contribution in [2.24, 2.45) is 11.8 Å². The fourth-order valence-electron chi connectivity index (χ4n) is 3.99. The van der Waals surface area contributed by atoms with Gasteiger partial charge in [0.25, 0.3) is 0 Å². The largest absolute Gasteiger partial charge is 0.0840 e. The highest BCUT2D eigenvalue weighted by Gasteiger charge is 2.15. The first-order valence-electron chi connectivity index (χ1n) is 9.52. The van der Waals surface area contributed by atoms with Gasteiger partial charge in [0, 0.05) is 0 Å². The predicted molar refractivity (Wildman–Crippen MR) is 103 cm³/mol. The normalized spacial score (nSPS) is 18.8. The van der Waals surface area contributed by atoms with Gasteiger partial charge < -0.3 is 0 Å². The number of benzene rings is 1. The lowest BCUT2D eigenvalue weighted by Crippen LogP contribution is -2.10. The summed E-state index contributed by atoms with van der Waals surface area (Å²) in [6.07, 6.45) is 14.2. The Hall–Kier alpha value is -1.30. The molecule has 1 aliphatic rings. The van der Waals surface area contributed by atoms with E-state index in [0.717, 1.165) is 18.3 Å². The minimum absolute atomic E-state index is 0.718. The fraction of sp³-hybridized carbons (Fsp3) is 0.565. The van der Waals surface area contributed by atoms with E-state index in [-0.39, 0.29) is 0 Å². The lowest BCUT2D eigenvalue weighted by atomic mass is 9.83. The highest BCUT2D eigenvalue weighted by molar-refractivity contribution is 5.41. The molecule has 0 saturated heterocycles. The molecule has 0 N–H and O–H groups in total. The standard InChI is InChI=1S/C23H34/c1-6-10-20-13-14-22(19(5)23(20)7-2)16-17(3)15-21-12-9-8-11-18(21)4/h8-9,12-14,17-18H,6-7,10-11,15-16H2,1-5H3. The maximum atomic E-state index is 2.41. The van der Waals surface area contributed by atoms with Gasteiger partial charge in [0.15, 0.2) is 0 Å². The highest BCUT2D eigenvalue weighted by Crippen LogP contribution is 2.29. The minimum Gasteiger partial charge on any atom is -0.0840 e. The van der Waals surface area contributed by atoms with E-state index in [2.05, 4.69) is 65.0 Å². The maximum absolute atomic E-state index is 2.41. The smallest absolute Gasteiger partial charge is 0.0194 e. The van der Waals surface area contributed by atoms with Gasteiger partial charge >= 0.3 is 0 Å². The summed E-state index contributed by atoms with van der Waals surface area (Å²) < 4.78 is 0. The van der Waals surface area contributed by atoms with Crippen LogP contribution >= 0.6 is 0 Å². The third-order valence-corrected chi connectivity index (χ3v) is 5.40. The second kappa shape index (κ2) is 8.52. The Labute approximate surface area is 143 Å². The average molecular weight is 311 g/mol. The van der Waals surface area contributed by atoms with Crippen LogP contribution in [0.25, 0.3) is 0 Å². The Bertz CT molecular complexity index is 574. The van der Waals surface area contributed by atoms with Gasteiger partial charge in [0.1, 0.15) is 0 Å². The molecule has 0 aliphatic heterocycles. The first kappa shape index (κ1) is 18.0. The summed E-state index contributed by atoms with van der Waals surface area (Å²) in [4.78, 5) is 0. The number of rotatable bonds is 7. The van der Waals surface area contributed by atoms with Crippen molar-refractivity contribution in [3.8, 4) is 0 Å². The van der Waals surface area contributed by atoms with Crippen LogP contribution < -0.4 is 0 Å². The first-order chi connectivity index (χ1) is 11.1. The first-order valence-corrected chi connectivity index (χ1v) is 9.52. The third kappa shape index (κ3) is 4.59. The maximum Gasteiger partial charge on any atom is -0.0194 e. The predicted octanol–water partition coefficient (Wildman–Crippen LogP) is 6.60. The Kier molecular flexibility index (Phi) is 6.69. The fourth-order valence-corrected chi connectivity index (χ4v) is 3.99. The van der Waals surface area contributed by atoms with Crippen LogP contribution in [0.3, 0.4) is 0 Å². The van der Waals surface area contributed by atoms with E-state index in [1.807, 2.05) is 0 Å². The van der Waals surface area contributed by atoms with Crippen LogP contribution in [0.2, 0.25) is 0 Å². The zero-order chi connectivity index (χ0) is 16.8. The molecule has 0 spiro atoms. The number of hydrogen-bond acceptors (Lipinski definition) is 0. The molecule has 0 aromatic heterocycles. The van der Waals surface area contributed by atoms with Crippen molar-refractivity contribution in [2.75, 3.05) is 0 Å². The van der Waals surface area contributed by atoms with Gasteiger partial charge in [-0.3, -0.25) is 0 Å². The summed E-state index contributed by atoms with van der Waals surface area (Å²) >= 11 is 0. The van der Waals surface area contributed by atoms with Gasteiger partial charge in [0.05, 0.1) is 0 Å². The van der Waals surface area contributed by atoms with Crippen molar-refractivity contribution in [2.45, 2.75) is 73.1 Å². The van der Waals surface area contributed by atoms with Crippen molar-refractivity contribution in [1.29, 1.82) is 0 Å². The Morgan fingerprint density at radius 2 is 1.87 bits per heavy atom. The topological polar surface area (TPSA) is 0 Å². The zero-order valence-corrected chi connectivity index (χ0v) is 15.8. The van der Waals surface area contributed by atoms with Gasteiger partial charge in [-0.15, -0.1) is 0 Å². The summed E-state index contributed by atoms with van der Waals surface area (Å²) in [5.41, 5.74) is 7.92. The van der Waals surface area contributed by atoms with Crippen LogP contribution in [-0.4, -0.2) is 0 Å². The highest BCUT2D eigenvalue weighted by atomic mass is 14.2. The molecule has 2 atom stereocenters. The van der Waals surface area contributed by atoms with Gasteiger partial charge in [-0.2, -0.15) is 0 Å². The van der Waals surface area contributed by atoms with Crippen molar-refractivity contribution in [3.05, 3.63) is 58.2 Å². The molecule has 1 aromatic carbocycles. The SMILES string of the molecule is CCCc1ccc(CC(C)CC2=CC=CCC2C)c(C)c1CC. The van der Waals surface area contributed by atoms with Crippen LogP contribution in [0.5, 0.6) is 0 Å². The van der Waals surface area contributed by atoms with Crippen molar-refractivity contribution in [3.63, 3.8) is 0 Å². The Morgan fingerprint density at radius 1 is 1.13 bits per heavy atom. The van der Waals surface area contributed by atoms with E-state index in [1.165, 1.54) is 32.1 Å². The molecule has 1 aliphatic carbocycles. The average Bonchev–Trinajstić information content (AvgIpc) is 2.53. The molecular weight excluding hydrogens is 276 g/mol. The van der Waals surface area contributed by atoms with E-state index in [4.69, 9.17) is 0 Å². The van der Waals surface area contributed by atoms with Crippen LogP contribution in [-0.2, 0) is 19.3 Å². The third-order valence-electron chi connectivity index (χ3n) is 5.40. The van der Waals surface area contributed by atoms with Crippen LogP contribution in [0.4, 0.5) is 0 Å². The lowest BCUT2D eigenvalue weighted by molar-refractivity contribution is 0.523. The van der Waals surface area contributed by atoms with Gasteiger partial charge in [-0.1, -0.05) is 70.0 Å². The van der Waals surface area contributed by atoms with E-state index in [0.29, 0.717) is 0 Å². The molecule has 126 valence electrons. The van der Waals surface area contributed by atoms with Crippen molar-refractivity contribution in [1.82, 2.24) is 0 Å². The van der Waals surface area contributed by atoms with E-state index in [1.54, 1.807) is 27.8 Å². The number of hydrogen-bond donors (Lipinski definition) is 0. The molecule has 0 heteroatoms. The monoisotopic (exact) mass is 310 g/mol. The minimum atomic E-state index is 0.718. The summed E-state index contributed by atoms with van der Waals surface area (Å²) in [5, 5.41) is 0. The van der Waals surface area contributed by atoms with Crippen LogP contribution in [0.1, 0.15) is 69.2 Å². The van der Waals surface area contributed by atoms with E-state index >= 15 is 0 Å². The molecule has 2 rings (SSSR count). The second-order valence-corrected chi connectivity index (χ2v) is 7.41. The molecule has 2 unspecified atom stereocenters. The molecule has 0 nitrogen and oxygen atoms in total. The van der Waals surface area contributed by atoms with Crippen molar-refractivity contribution < 1.29 is 0 Å². The molecule has 0 saturated carbocycles. The van der Waals surface area contributed by atoms with E-state index < -0.39 is 0 Å². The second-order valence-electron chi connectivity index (χ2n) is 7.41.